The van der Waals surface area contributed by atoms with Crippen LogP contribution in [0, 0.1) is 23.2 Å². The summed E-state index contributed by atoms with van der Waals surface area (Å²) in [5, 5.41) is 43.6. The van der Waals surface area contributed by atoms with Gasteiger partial charge in [-0.3, -0.25) is 14.4 Å². The first-order valence-electron chi connectivity index (χ1n) is 12.4. The standard InChI is InChI=1S/C28H28N4O6S/c1-32(2)17-11-16(31-28(38)39-14-6-4-3-5-7-14)24(34)21-15(17)9-12-8-13-10-18(33)22(27(30)37)23(29)19(13)25(35)20(12)26(21)36/h3-7,11-13,19,29,33-35H,8-10H2,1-2H3,(H2,30,37)(H,31,38). The number of allylic oxidation sites excluding steroid dienone is 3. The third-order valence-electron chi connectivity index (χ3n) is 7.59. The third-order valence-corrected chi connectivity index (χ3v) is 8.38. The summed E-state index contributed by atoms with van der Waals surface area (Å²) in [6.07, 6.45) is 0.752. The van der Waals surface area contributed by atoms with Crippen LogP contribution in [0.5, 0.6) is 5.75 Å². The number of anilines is 2. The maximum absolute atomic E-state index is 13.9. The van der Waals surface area contributed by atoms with E-state index in [-0.39, 0.29) is 46.0 Å². The number of hydrogen-bond donors (Lipinski definition) is 6. The average Bonchev–Trinajstić information content (AvgIpc) is 2.85. The van der Waals surface area contributed by atoms with Gasteiger partial charge < -0.3 is 36.7 Å². The number of aliphatic hydroxyl groups excluding tert-OH is 2. The number of aliphatic hydroxyl groups is 2. The summed E-state index contributed by atoms with van der Waals surface area (Å²) in [7, 11) is 3.58. The van der Waals surface area contributed by atoms with Gasteiger partial charge in [-0.2, -0.15) is 0 Å². The van der Waals surface area contributed by atoms with Gasteiger partial charge >= 0.3 is 0 Å². The molecule has 10 nitrogen and oxygen atoms in total. The first-order valence-corrected chi connectivity index (χ1v) is 13.2. The number of nitrogens with one attached hydrogen (secondary N) is 2. The van der Waals surface area contributed by atoms with Crippen molar-refractivity contribution in [2.45, 2.75) is 24.2 Å². The summed E-state index contributed by atoms with van der Waals surface area (Å²) < 4.78 is 0. The Kier molecular flexibility index (Phi) is 6.63. The Morgan fingerprint density at radius 3 is 2.46 bits per heavy atom. The second kappa shape index (κ2) is 9.81. The number of amides is 2. The number of Topliss-reactive ketones (excluding diaryl/α,β-unsaturated/α-hetero) is 1. The molecular weight excluding hydrogens is 520 g/mol. The summed E-state index contributed by atoms with van der Waals surface area (Å²) in [5.74, 6) is -4.40. The molecule has 3 aliphatic rings. The maximum Gasteiger partial charge on any atom is 0.288 e. The predicted molar refractivity (Wildman–Crippen MR) is 148 cm³/mol. The Morgan fingerprint density at radius 1 is 1.13 bits per heavy atom. The van der Waals surface area contributed by atoms with Crippen LogP contribution in [0.2, 0.25) is 0 Å². The first kappa shape index (κ1) is 26.4. The number of nitrogens with zero attached hydrogens (tertiary/aromatic N) is 1. The highest BCUT2D eigenvalue weighted by Crippen LogP contribution is 2.52. The highest BCUT2D eigenvalue weighted by atomic mass is 32.2. The Balaban J connectivity index is 1.56. The Labute approximate surface area is 228 Å². The molecule has 3 aliphatic carbocycles. The Morgan fingerprint density at radius 2 is 1.82 bits per heavy atom. The molecule has 0 heterocycles. The van der Waals surface area contributed by atoms with Crippen molar-refractivity contribution in [3.05, 3.63) is 70.2 Å². The lowest BCUT2D eigenvalue weighted by atomic mass is 9.62. The summed E-state index contributed by atoms with van der Waals surface area (Å²) in [6.45, 7) is 0. The van der Waals surface area contributed by atoms with Crippen LogP contribution >= 0.6 is 11.8 Å². The van der Waals surface area contributed by atoms with E-state index in [0.717, 1.165) is 11.8 Å². The fourth-order valence-electron chi connectivity index (χ4n) is 5.97. The normalized spacial score (nSPS) is 22.2. The molecule has 7 N–H and O–H groups in total. The first-order chi connectivity index (χ1) is 18.5. The van der Waals surface area contributed by atoms with Crippen LogP contribution in [-0.4, -0.2) is 52.1 Å². The second-order valence-electron chi connectivity index (χ2n) is 10.2. The number of ketones is 1. The summed E-state index contributed by atoms with van der Waals surface area (Å²) in [6, 6.07) is 10.6. The lowest BCUT2D eigenvalue weighted by molar-refractivity contribution is -0.114. The number of phenols is 1. The van der Waals surface area contributed by atoms with Crippen molar-refractivity contribution in [1.29, 1.82) is 5.41 Å². The van der Waals surface area contributed by atoms with E-state index in [9.17, 15) is 29.7 Å². The molecule has 202 valence electrons. The van der Waals surface area contributed by atoms with Crippen molar-refractivity contribution in [2.24, 2.45) is 23.5 Å². The Bertz CT molecular complexity index is 1500. The zero-order valence-corrected chi connectivity index (χ0v) is 22.1. The Hall–Kier alpha value is -4.25. The minimum absolute atomic E-state index is 0.0201. The van der Waals surface area contributed by atoms with Gasteiger partial charge in [-0.05, 0) is 60.2 Å². The van der Waals surface area contributed by atoms with Gasteiger partial charge in [0.2, 0.25) is 0 Å². The summed E-state index contributed by atoms with van der Waals surface area (Å²) >= 11 is 0.938. The molecule has 0 radical (unpaired) electrons. The van der Waals surface area contributed by atoms with Gasteiger partial charge in [0.15, 0.2) is 11.5 Å². The van der Waals surface area contributed by atoms with Crippen LogP contribution < -0.4 is 16.0 Å². The number of carbonyl (C=O) groups excluding carboxylic acids is 3. The van der Waals surface area contributed by atoms with E-state index >= 15 is 0 Å². The highest BCUT2D eigenvalue weighted by Gasteiger charge is 2.49. The quantitative estimate of drug-likeness (QED) is 0.242. The predicted octanol–water partition coefficient (Wildman–Crippen LogP) is 4.31. The van der Waals surface area contributed by atoms with E-state index in [0.29, 0.717) is 29.0 Å². The molecule has 0 aromatic heterocycles. The van der Waals surface area contributed by atoms with E-state index in [1.54, 1.807) is 49.3 Å². The molecule has 0 fully saturated rings. The molecule has 0 aliphatic heterocycles. The van der Waals surface area contributed by atoms with Crippen molar-refractivity contribution in [2.75, 3.05) is 24.3 Å². The molecule has 0 bridgehead atoms. The van der Waals surface area contributed by atoms with Gasteiger partial charge in [-0.15, -0.1) is 0 Å². The smallest absolute Gasteiger partial charge is 0.288 e. The van der Waals surface area contributed by atoms with Gasteiger partial charge in [0, 0.05) is 36.7 Å². The van der Waals surface area contributed by atoms with Crippen LogP contribution in [0.4, 0.5) is 16.2 Å². The molecule has 39 heavy (non-hydrogen) atoms. The number of phenolic OH excluding ortho intramolecular Hbond substituents is 1. The molecule has 2 aromatic rings. The molecule has 3 atom stereocenters. The number of nitrogens with two attached hydrogens (primary N) is 1. The van der Waals surface area contributed by atoms with Crippen LogP contribution in [0.15, 0.2) is 64.0 Å². The van der Waals surface area contributed by atoms with Gasteiger partial charge in [-0.25, -0.2) is 0 Å². The molecule has 0 saturated carbocycles. The lowest BCUT2D eigenvalue weighted by Crippen LogP contribution is -2.43. The number of rotatable bonds is 4. The fourth-order valence-corrected chi connectivity index (χ4v) is 6.64. The monoisotopic (exact) mass is 548 g/mol. The molecule has 2 amide bonds. The van der Waals surface area contributed by atoms with Crippen molar-refractivity contribution in [3.63, 3.8) is 0 Å². The van der Waals surface area contributed by atoms with Gasteiger partial charge in [0.1, 0.15) is 11.5 Å². The second-order valence-corrected chi connectivity index (χ2v) is 11.2. The van der Waals surface area contributed by atoms with E-state index < -0.39 is 40.4 Å². The highest BCUT2D eigenvalue weighted by molar-refractivity contribution is 8.13. The largest absolute Gasteiger partial charge is 0.511 e. The van der Waals surface area contributed by atoms with E-state index in [2.05, 4.69) is 5.32 Å². The zero-order chi connectivity index (χ0) is 28.2. The van der Waals surface area contributed by atoms with Crippen molar-refractivity contribution in [1.82, 2.24) is 0 Å². The topological polar surface area (TPSA) is 177 Å². The van der Waals surface area contributed by atoms with Crippen molar-refractivity contribution < 1.29 is 29.7 Å². The summed E-state index contributed by atoms with van der Waals surface area (Å²) in [5.41, 5.74) is 6.03. The number of thioether (sulfide) groups is 1. The molecule has 11 heteroatoms. The van der Waals surface area contributed by atoms with Crippen molar-refractivity contribution >= 4 is 45.8 Å². The van der Waals surface area contributed by atoms with Crippen LogP contribution in [0.1, 0.15) is 28.8 Å². The molecular formula is C28H28N4O6S. The maximum atomic E-state index is 13.9. The van der Waals surface area contributed by atoms with E-state index in [1.807, 2.05) is 6.07 Å². The van der Waals surface area contributed by atoms with Crippen LogP contribution in [0.3, 0.4) is 0 Å². The molecule has 0 saturated heterocycles. The molecule has 3 unspecified atom stereocenters. The zero-order valence-electron chi connectivity index (χ0n) is 21.3. The lowest BCUT2D eigenvalue weighted by Gasteiger charge is -2.42. The number of benzene rings is 2. The average molecular weight is 549 g/mol. The van der Waals surface area contributed by atoms with E-state index in [1.165, 1.54) is 0 Å². The number of hydrogen-bond acceptors (Lipinski definition) is 9. The number of carbonyl (C=O) groups is 3. The van der Waals surface area contributed by atoms with Gasteiger partial charge in [-0.1, -0.05) is 18.2 Å². The van der Waals surface area contributed by atoms with Gasteiger partial charge in [0.25, 0.3) is 11.1 Å². The molecule has 5 rings (SSSR count). The minimum atomic E-state index is -0.974. The SMILES string of the molecule is CN(C)c1cc(NC(=O)Sc2ccccc2)c(O)c2c1CC1CC3CC(O)=C(C(N)=O)C(=N)C3C(O)=C1C2=O. The minimum Gasteiger partial charge on any atom is -0.511 e. The number of fused-ring (bicyclic) bond motifs is 3. The molecule has 0 spiro atoms. The van der Waals surface area contributed by atoms with E-state index in [4.69, 9.17) is 11.1 Å². The van der Waals surface area contributed by atoms with Crippen molar-refractivity contribution in [3.8, 4) is 5.75 Å². The number of aromatic hydroxyl groups is 1. The molecule has 2 aromatic carbocycles. The van der Waals surface area contributed by atoms with Crippen LogP contribution in [0.25, 0.3) is 0 Å². The fraction of sp³-hybridized carbons (Fsp3) is 0.286. The summed E-state index contributed by atoms with van der Waals surface area (Å²) in [4.78, 5) is 41.0. The third kappa shape index (κ3) is 4.42. The van der Waals surface area contributed by atoms with Gasteiger partial charge in [0.05, 0.1) is 28.5 Å². The number of primary amides is 1. The van der Waals surface area contributed by atoms with Crippen LogP contribution in [-0.2, 0) is 11.2 Å².